The predicted molar refractivity (Wildman–Crippen MR) is 87.0 cm³/mol. The summed E-state index contributed by atoms with van der Waals surface area (Å²) < 4.78 is 11.8. The summed E-state index contributed by atoms with van der Waals surface area (Å²) in [4.78, 5) is 2.26. The smallest absolute Gasteiger partial charge is 0.133 e. The Kier molecular flexibility index (Phi) is 4.23. The Labute approximate surface area is 137 Å². The molecule has 4 rings (SSSR count). The molecule has 1 N–H and O–H groups in total. The number of hydrogen-bond donors (Lipinski definition) is 1. The summed E-state index contributed by atoms with van der Waals surface area (Å²) in [6, 6.07) is 4.16. The number of rotatable bonds is 5. The van der Waals surface area contributed by atoms with E-state index in [-0.39, 0.29) is 6.10 Å². The highest BCUT2D eigenvalue weighted by Gasteiger charge is 2.21. The second kappa shape index (κ2) is 6.49. The van der Waals surface area contributed by atoms with Gasteiger partial charge in [-0.3, -0.25) is 10.00 Å². The number of aromatic amines is 1. The van der Waals surface area contributed by atoms with Crippen LogP contribution >= 0.6 is 0 Å². The van der Waals surface area contributed by atoms with Crippen molar-refractivity contribution in [1.82, 2.24) is 15.1 Å². The minimum Gasteiger partial charge on any atom is -0.462 e. The molecule has 0 saturated carbocycles. The average molecular weight is 315 g/mol. The van der Waals surface area contributed by atoms with E-state index in [4.69, 9.17) is 9.15 Å². The first kappa shape index (κ1) is 15.0. The minimum absolute atomic E-state index is 0.150. The molecule has 1 aliphatic carbocycles. The predicted octanol–water partition coefficient (Wildman–Crippen LogP) is 3.37. The van der Waals surface area contributed by atoms with Crippen LogP contribution in [0.25, 0.3) is 0 Å². The molecule has 1 fully saturated rings. The number of aryl methyl sites for hydroxylation is 1. The van der Waals surface area contributed by atoms with Crippen molar-refractivity contribution in [2.24, 2.45) is 0 Å². The van der Waals surface area contributed by atoms with E-state index in [9.17, 15) is 0 Å². The van der Waals surface area contributed by atoms with Crippen molar-refractivity contribution in [2.45, 2.75) is 57.7 Å². The van der Waals surface area contributed by atoms with Crippen LogP contribution in [-0.4, -0.2) is 28.8 Å². The molecular formula is C18H25N3O2. The topological polar surface area (TPSA) is 54.3 Å². The first-order valence-corrected chi connectivity index (χ1v) is 8.73. The number of nitrogens with zero attached hydrogens (tertiary/aromatic N) is 2. The molecule has 1 atom stereocenters. The highest BCUT2D eigenvalue weighted by molar-refractivity contribution is 5.29. The highest BCUT2D eigenvalue weighted by Crippen LogP contribution is 2.29. The summed E-state index contributed by atoms with van der Waals surface area (Å²) in [6.07, 6.45) is 7.18. The van der Waals surface area contributed by atoms with Gasteiger partial charge in [0.1, 0.15) is 17.6 Å². The summed E-state index contributed by atoms with van der Waals surface area (Å²) in [5.41, 5.74) is 3.97. The van der Waals surface area contributed by atoms with Crippen molar-refractivity contribution >= 4 is 0 Å². The van der Waals surface area contributed by atoms with Gasteiger partial charge in [-0.05, 0) is 63.3 Å². The highest BCUT2D eigenvalue weighted by atomic mass is 16.5. The van der Waals surface area contributed by atoms with Gasteiger partial charge in [-0.1, -0.05) is 0 Å². The van der Waals surface area contributed by atoms with Crippen LogP contribution in [0.3, 0.4) is 0 Å². The number of hydrogen-bond acceptors (Lipinski definition) is 4. The molecule has 2 aromatic heterocycles. The molecule has 0 aromatic carbocycles. The fraction of sp³-hybridized carbons (Fsp3) is 0.611. The van der Waals surface area contributed by atoms with E-state index in [1.807, 2.05) is 0 Å². The van der Waals surface area contributed by atoms with Gasteiger partial charge in [0.15, 0.2) is 0 Å². The summed E-state index contributed by atoms with van der Waals surface area (Å²) in [5, 5.41) is 7.67. The summed E-state index contributed by atoms with van der Waals surface area (Å²) >= 11 is 0. The van der Waals surface area contributed by atoms with Gasteiger partial charge in [0.05, 0.1) is 12.2 Å². The van der Waals surface area contributed by atoms with Crippen LogP contribution in [0.2, 0.25) is 0 Å². The van der Waals surface area contributed by atoms with Gasteiger partial charge in [-0.2, -0.15) is 5.10 Å². The van der Waals surface area contributed by atoms with Crippen LogP contribution in [0.5, 0.6) is 0 Å². The van der Waals surface area contributed by atoms with Crippen LogP contribution in [0.15, 0.2) is 16.5 Å². The third kappa shape index (κ3) is 3.21. The molecule has 0 spiro atoms. The van der Waals surface area contributed by atoms with E-state index in [2.05, 4.69) is 34.3 Å². The van der Waals surface area contributed by atoms with E-state index in [0.717, 1.165) is 44.1 Å². The van der Waals surface area contributed by atoms with E-state index in [1.165, 1.54) is 42.6 Å². The molecule has 2 aliphatic rings. The number of nitrogens with one attached hydrogen (secondary N) is 1. The molecule has 5 nitrogen and oxygen atoms in total. The lowest BCUT2D eigenvalue weighted by Crippen LogP contribution is -2.18. The van der Waals surface area contributed by atoms with Crippen molar-refractivity contribution < 1.29 is 9.15 Å². The van der Waals surface area contributed by atoms with Gasteiger partial charge in [0.2, 0.25) is 0 Å². The van der Waals surface area contributed by atoms with Gasteiger partial charge in [-0.25, -0.2) is 0 Å². The van der Waals surface area contributed by atoms with Gasteiger partial charge >= 0.3 is 0 Å². The van der Waals surface area contributed by atoms with Crippen LogP contribution in [0, 0.1) is 0 Å². The van der Waals surface area contributed by atoms with Gasteiger partial charge in [-0.15, -0.1) is 0 Å². The van der Waals surface area contributed by atoms with Crippen LogP contribution < -0.4 is 0 Å². The first-order chi connectivity index (χ1) is 11.3. The molecule has 0 radical (unpaired) electrons. The summed E-state index contributed by atoms with van der Waals surface area (Å²) in [7, 11) is 2.12. The number of aromatic nitrogens is 2. The fourth-order valence-corrected chi connectivity index (χ4v) is 3.71. The zero-order valence-electron chi connectivity index (χ0n) is 13.8. The minimum atomic E-state index is 0.150. The maximum absolute atomic E-state index is 6.01. The standard InChI is InChI=1S/C18H25N3O2/c1-21(12-16-14-5-4-6-15(14)19-20-16)11-13-8-9-18(23-13)17-7-2-3-10-22-17/h8-9,17H,2-7,10-12H2,1H3,(H,19,20). The molecule has 1 aliphatic heterocycles. The summed E-state index contributed by atoms with van der Waals surface area (Å²) in [5.74, 6) is 1.98. The monoisotopic (exact) mass is 315 g/mol. The van der Waals surface area contributed by atoms with Crippen molar-refractivity contribution in [2.75, 3.05) is 13.7 Å². The Balaban J connectivity index is 1.37. The van der Waals surface area contributed by atoms with Crippen molar-refractivity contribution in [3.05, 3.63) is 40.6 Å². The first-order valence-electron chi connectivity index (χ1n) is 8.73. The fourth-order valence-electron chi connectivity index (χ4n) is 3.71. The Morgan fingerprint density at radius 2 is 2.17 bits per heavy atom. The number of furan rings is 1. The molecule has 2 aromatic rings. The van der Waals surface area contributed by atoms with E-state index in [1.54, 1.807) is 0 Å². The Bertz CT molecular complexity index is 655. The van der Waals surface area contributed by atoms with Crippen molar-refractivity contribution in [3.8, 4) is 0 Å². The lowest BCUT2D eigenvalue weighted by molar-refractivity contribution is 0.000903. The third-order valence-corrected chi connectivity index (χ3v) is 4.92. The molecule has 1 unspecified atom stereocenters. The van der Waals surface area contributed by atoms with E-state index in [0.29, 0.717) is 0 Å². The maximum Gasteiger partial charge on any atom is 0.133 e. The molecule has 0 amide bonds. The van der Waals surface area contributed by atoms with Crippen LogP contribution in [0.4, 0.5) is 0 Å². The molecule has 5 heteroatoms. The Morgan fingerprint density at radius 3 is 3.04 bits per heavy atom. The van der Waals surface area contributed by atoms with Crippen LogP contribution in [-0.2, 0) is 30.7 Å². The second-order valence-corrected chi connectivity index (χ2v) is 6.81. The Hall–Kier alpha value is -1.59. The molecular weight excluding hydrogens is 290 g/mol. The largest absolute Gasteiger partial charge is 0.462 e. The molecule has 124 valence electrons. The molecule has 0 bridgehead atoms. The van der Waals surface area contributed by atoms with E-state index >= 15 is 0 Å². The van der Waals surface area contributed by atoms with Gasteiger partial charge in [0, 0.05) is 18.8 Å². The van der Waals surface area contributed by atoms with Gasteiger partial charge < -0.3 is 9.15 Å². The summed E-state index contributed by atoms with van der Waals surface area (Å²) in [6.45, 7) is 2.51. The normalized spacial score (nSPS) is 21.0. The van der Waals surface area contributed by atoms with Gasteiger partial charge in [0.25, 0.3) is 0 Å². The maximum atomic E-state index is 6.01. The van der Waals surface area contributed by atoms with Crippen LogP contribution in [0.1, 0.15) is 60.3 Å². The lowest BCUT2D eigenvalue weighted by atomic mass is 10.1. The number of H-pyrrole nitrogens is 1. The number of fused-ring (bicyclic) bond motifs is 1. The van der Waals surface area contributed by atoms with E-state index < -0.39 is 0 Å². The van der Waals surface area contributed by atoms with Crippen molar-refractivity contribution in [1.29, 1.82) is 0 Å². The number of ether oxygens (including phenoxy) is 1. The molecule has 3 heterocycles. The second-order valence-electron chi connectivity index (χ2n) is 6.81. The Morgan fingerprint density at radius 1 is 1.22 bits per heavy atom. The molecule has 1 saturated heterocycles. The SMILES string of the molecule is CN(Cc1ccc(C2CCCCO2)o1)Cc1n[nH]c2c1CCC2. The zero-order chi connectivity index (χ0) is 15.6. The van der Waals surface area contributed by atoms with Crippen molar-refractivity contribution in [3.63, 3.8) is 0 Å². The third-order valence-electron chi connectivity index (χ3n) is 4.92. The lowest BCUT2D eigenvalue weighted by Gasteiger charge is -2.20. The quantitative estimate of drug-likeness (QED) is 0.919. The zero-order valence-corrected chi connectivity index (χ0v) is 13.8. The average Bonchev–Trinajstić information content (AvgIpc) is 3.27. The molecule has 23 heavy (non-hydrogen) atoms.